The van der Waals surface area contributed by atoms with Crippen molar-refractivity contribution in [1.82, 2.24) is 0 Å². The first-order valence-electron chi connectivity index (χ1n) is 9.00. The van der Waals surface area contributed by atoms with Gasteiger partial charge in [0.05, 0.1) is 21.0 Å². The fraction of sp³-hybridized carbons (Fsp3) is 0.0435. The Hall–Kier alpha value is -3.35. The summed E-state index contributed by atoms with van der Waals surface area (Å²) in [6, 6.07) is 14.2. The lowest BCUT2D eigenvalue weighted by atomic mass is 10.2. The van der Waals surface area contributed by atoms with Gasteiger partial charge in [-0.15, -0.1) is 0 Å². The average molecular weight is 459 g/mol. The maximum absolute atomic E-state index is 13.1. The van der Waals surface area contributed by atoms with Crippen LogP contribution < -0.4 is 14.9 Å². The Balaban J connectivity index is 1.65. The molecule has 0 N–H and O–H groups in total. The van der Waals surface area contributed by atoms with Gasteiger partial charge in [0, 0.05) is 6.07 Å². The van der Waals surface area contributed by atoms with E-state index in [1.165, 1.54) is 48.5 Å². The molecule has 0 bridgehead atoms. The van der Waals surface area contributed by atoms with Crippen LogP contribution in [0.2, 0.25) is 10.0 Å². The van der Waals surface area contributed by atoms with Crippen molar-refractivity contribution in [2.75, 3.05) is 0 Å². The summed E-state index contributed by atoms with van der Waals surface area (Å²) in [5, 5.41) is 0.535. The predicted molar refractivity (Wildman–Crippen MR) is 115 cm³/mol. The molecule has 0 fully saturated rings. The monoisotopic (exact) mass is 458 g/mol. The quantitative estimate of drug-likeness (QED) is 0.256. The van der Waals surface area contributed by atoms with Crippen molar-refractivity contribution in [3.8, 4) is 17.2 Å². The minimum Gasteiger partial charge on any atom is -0.457 e. The van der Waals surface area contributed by atoms with Crippen molar-refractivity contribution in [3.63, 3.8) is 0 Å². The molecule has 0 spiro atoms. The van der Waals surface area contributed by atoms with Gasteiger partial charge in [0.2, 0.25) is 11.2 Å². The molecule has 0 saturated heterocycles. The van der Waals surface area contributed by atoms with Crippen LogP contribution in [-0.4, -0.2) is 5.97 Å². The summed E-state index contributed by atoms with van der Waals surface area (Å²) in [5.74, 6) is -0.487. The smallest absolute Gasteiger partial charge is 0.345 e. The number of halogens is 3. The normalized spacial score (nSPS) is 10.8. The Kier molecular flexibility index (Phi) is 5.67. The van der Waals surface area contributed by atoms with Crippen LogP contribution in [0.5, 0.6) is 17.2 Å². The summed E-state index contributed by atoms with van der Waals surface area (Å²) in [6.07, 6.45) is 0. The Morgan fingerprint density at radius 2 is 1.71 bits per heavy atom. The fourth-order valence-corrected chi connectivity index (χ4v) is 3.27. The molecule has 31 heavy (non-hydrogen) atoms. The molecule has 4 rings (SSSR count). The summed E-state index contributed by atoms with van der Waals surface area (Å²) in [4.78, 5) is 25.3. The first-order valence-corrected chi connectivity index (χ1v) is 9.76. The maximum atomic E-state index is 13.1. The molecule has 0 aliphatic heterocycles. The van der Waals surface area contributed by atoms with Gasteiger partial charge in [-0.3, -0.25) is 4.79 Å². The van der Waals surface area contributed by atoms with Crippen molar-refractivity contribution in [2.24, 2.45) is 0 Å². The largest absolute Gasteiger partial charge is 0.457 e. The number of aryl methyl sites for hydroxylation is 1. The highest BCUT2D eigenvalue weighted by atomic mass is 35.5. The molecule has 0 saturated carbocycles. The third-order valence-corrected chi connectivity index (χ3v) is 5.22. The highest BCUT2D eigenvalue weighted by molar-refractivity contribution is 6.43. The van der Waals surface area contributed by atoms with Crippen molar-refractivity contribution < 1.29 is 23.1 Å². The molecule has 1 aromatic heterocycles. The van der Waals surface area contributed by atoms with Crippen molar-refractivity contribution in [3.05, 3.63) is 98.1 Å². The zero-order valence-electron chi connectivity index (χ0n) is 15.9. The number of esters is 1. The third-order valence-electron chi connectivity index (χ3n) is 4.40. The van der Waals surface area contributed by atoms with E-state index in [4.69, 9.17) is 37.1 Å². The highest BCUT2D eigenvalue weighted by Gasteiger charge is 2.18. The zero-order chi connectivity index (χ0) is 22.1. The van der Waals surface area contributed by atoms with Crippen LogP contribution in [0.3, 0.4) is 0 Å². The van der Waals surface area contributed by atoms with Crippen molar-refractivity contribution in [2.45, 2.75) is 6.92 Å². The molecule has 0 atom stereocenters. The second-order valence-electron chi connectivity index (χ2n) is 6.52. The van der Waals surface area contributed by atoms with Crippen LogP contribution in [0.25, 0.3) is 11.0 Å². The van der Waals surface area contributed by atoms with E-state index in [0.717, 1.165) is 0 Å². The topological polar surface area (TPSA) is 65.7 Å². The fourth-order valence-electron chi connectivity index (χ4n) is 2.89. The van der Waals surface area contributed by atoms with Gasteiger partial charge in [0.15, 0.2) is 0 Å². The molecule has 1 heterocycles. The Bertz CT molecular complexity index is 1360. The standard InChI is InChI=1S/C23H13Cl2FO5/c1-12-22(30-14-7-5-13(26)6-8-14)21(27)16-10-9-15(11-19(16)29-12)31-23(28)17-3-2-4-18(24)20(17)25/h2-11H,1H3. The van der Waals surface area contributed by atoms with Crippen LogP contribution in [0.1, 0.15) is 16.1 Å². The van der Waals surface area contributed by atoms with Gasteiger partial charge in [-0.2, -0.15) is 0 Å². The summed E-state index contributed by atoms with van der Waals surface area (Å²) in [7, 11) is 0. The zero-order valence-corrected chi connectivity index (χ0v) is 17.5. The number of hydrogen-bond acceptors (Lipinski definition) is 5. The maximum Gasteiger partial charge on any atom is 0.345 e. The molecular formula is C23H13Cl2FO5. The van der Waals surface area contributed by atoms with E-state index < -0.39 is 17.2 Å². The molecule has 156 valence electrons. The number of carbonyl (C=O) groups is 1. The molecule has 5 nitrogen and oxygen atoms in total. The molecule has 0 unspecified atom stereocenters. The molecular weight excluding hydrogens is 446 g/mol. The number of fused-ring (bicyclic) bond motifs is 1. The molecule has 4 aromatic rings. The minimum absolute atomic E-state index is 0.0189. The molecule has 0 aliphatic carbocycles. The van der Waals surface area contributed by atoms with Crippen LogP contribution in [-0.2, 0) is 0 Å². The number of benzene rings is 3. The van der Waals surface area contributed by atoms with Gasteiger partial charge in [0.1, 0.15) is 28.7 Å². The van der Waals surface area contributed by atoms with E-state index >= 15 is 0 Å². The molecule has 0 radical (unpaired) electrons. The van der Waals surface area contributed by atoms with Gasteiger partial charge < -0.3 is 13.9 Å². The van der Waals surface area contributed by atoms with Crippen LogP contribution in [0, 0.1) is 12.7 Å². The molecule has 3 aromatic carbocycles. The Labute approximate surface area is 185 Å². The van der Waals surface area contributed by atoms with E-state index in [-0.39, 0.29) is 43.8 Å². The van der Waals surface area contributed by atoms with Gasteiger partial charge >= 0.3 is 5.97 Å². The highest BCUT2D eigenvalue weighted by Crippen LogP contribution is 2.29. The van der Waals surface area contributed by atoms with E-state index in [1.807, 2.05) is 0 Å². The number of rotatable bonds is 4. The summed E-state index contributed by atoms with van der Waals surface area (Å²) in [5.41, 5.74) is -0.106. The Morgan fingerprint density at radius 3 is 2.45 bits per heavy atom. The number of carbonyl (C=O) groups excluding carboxylic acids is 1. The summed E-state index contributed by atoms with van der Waals surface area (Å²) in [6.45, 7) is 1.56. The third kappa shape index (κ3) is 4.26. The summed E-state index contributed by atoms with van der Waals surface area (Å²) >= 11 is 12.0. The van der Waals surface area contributed by atoms with Gasteiger partial charge in [0.25, 0.3) is 0 Å². The molecule has 0 aliphatic rings. The summed E-state index contributed by atoms with van der Waals surface area (Å²) < 4.78 is 29.7. The Morgan fingerprint density at radius 1 is 1.00 bits per heavy atom. The van der Waals surface area contributed by atoms with E-state index in [2.05, 4.69) is 0 Å². The van der Waals surface area contributed by atoms with Crippen LogP contribution in [0.15, 0.2) is 69.9 Å². The van der Waals surface area contributed by atoms with E-state index in [9.17, 15) is 14.0 Å². The van der Waals surface area contributed by atoms with Crippen LogP contribution >= 0.6 is 23.2 Å². The molecule has 8 heteroatoms. The van der Waals surface area contributed by atoms with E-state index in [0.29, 0.717) is 5.75 Å². The number of ether oxygens (including phenoxy) is 2. The van der Waals surface area contributed by atoms with Crippen molar-refractivity contribution in [1.29, 1.82) is 0 Å². The first-order chi connectivity index (χ1) is 14.8. The first kappa shape index (κ1) is 20.9. The lowest BCUT2D eigenvalue weighted by molar-refractivity contribution is 0.0735. The van der Waals surface area contributed by atoms with Crippen LogP contribution in [0.4, 0.5) is 4.39 Å². The van der Waals surface area contributed by atoms with Crippen molar-refractivity contribution >= 4 is 40.1 Å². The second kappa shape index (κ2) is 8.41. The average Bonchev–Trinajstić information content (AvgIpc) is 2.74. The van der Waals surface area contributed by atoms with Gasteiger partial charge in [-0.05, 0) is 55.5 Å². The van der Waals surface area contributed by atoms with E-state index in [1.54, 1.807) is 19.1 Å². The number of hydrogen-bond donors (Lipinski definition) is 0. The predicted octanol–water partition coefficient (Wildman–Crippen LogP) is 6.56. The SMILES string of the molecule is Cc1oc2cc(OC(=O)c3cccc(Cl)c3Cl)ccc2c(=O)c1Oc1ccc(F)cc1. The lowest BCUT2D eigenvalue weighted by Gasteiger charge is -2.10. The van der Waals surface area contributed by atoms with Gasteiger partial charge in [-0.1, -0.05) is 29.3 Å². The lowest BCUT2D eigenvalue weighted by Crippen LogP contribution is -2.10. The van der Waals surface area contributed by atoms with Gasteiger partial charge in [-0.25, -0.2) is 9.18 Å². The molecule has 0 amide bonds. The minimum atomic E-state index is -0.706. The second-order valence-corrected chi connectivity index (χ2v) is 7.31.